The molecule has 0 radical (unpaired) electrons. The highest BCUT2D eigenvalue weighted by molar-refractivity contribution is 5.45. The quantitative estimate of drug-likeness (QED) is 0.779. The van der Waals surface area contributed by atoms with Crippen LogP contribution >= 0.6 is 0 Å². The average Bonchev–Trinajstić information content (AvgIpc) is 2.18. The highest BCUT2D eigenvalue weighted by Crippen LogP contribution is 2.12. The number of nitrogens with zero attached hydrogens (tertiary/aromatic N) is 1. The summed E-state index contributed by atoms with van der Waals surface area (Å²) in [4.78, 5) is 4.46. The Kier molecular flexibility index (Phi) is 4.40. The van der Waals surface area contributed by atoms with Gasteiger partial charge in [-0.15, -0.1) is 0 Å². The summed E-state index contributed by atoms with van der Waals surface area (Å²) in [7, 11) is 0. The molecule has 0 amide bonds. The van der Waals surface area contributed by atoms with Crippen molar-refractivity contribution in [3.63, 3.8) is 0 Å². The van der Waals surface area contributed by atoms with Crippen LogP contribution in [0.1, 0.15) is 27.7 Å². The maximum absolute atomic E-state index is 4.46. The summed E-state index contributed by atoms with van der Waals surface area (Å²) in [6.45, 7) is 9.54. The van der Waals surface area contributed by atoms with E-state index in [1.807, 2.05) is 18.2 Å². The van der Waals surface area contributed by atoms with Crippen molar-refractivity contribution in [1.29, 1.82) is 0 Å². The first-order valence-electron chi connectivity index (χ1n) is 5.61. The summed E-state index contributed by atoms with van der Waals surface area (Å²) in [6, 6.07) is 6.43. The summed E-state index contributed by atoms with van der Waals surface area (Å²) < 4.78 is 0. The molecule has 1 aromatic rings. The Morgan fingerprint density at radius 3 is 2.47 bits per heavy atom. The predicted molar refractivity (Wildman–Crippen MR) is 66.3 cm³/mol. The minimum atomic E-state index is 0.439. The monoisotopic (exact) mass is 207 g/mol. The lowest BCUT2D eigenvalue weighted by Gasteiger charge is -2.18. The second kappa shape index (κ2) is 5.59. The molecule has 0 saturated heterocycles. The van der Waals surface area contributed by atoms with Gasteiger partial charge in [0.05, 0.1) is 0 Å². The van der Waals surface area contributed by atoms with Gasteiger partial charge < -0.3 is 10.6 Å². The molecule has 3 heteroatoms. The molecule has 3 nitrogen and oxygen atoms in total. The molecule has 0 bridgehead atoms. The van der Waals surface area contributed by atoms with Crippen molar-refractivity contribution in [2.75, 3.05) is 17.2 Å². The second-order valence-electron chi connectivity index (χ2n) is 4.12. The van der Waals surface area contributed by atoms with Crippen molar-refractivity contribution < 1.29 is 0 Å². The molecule has 0 spiro atoms. The van der Waals surface area contributed by atoms with Crippen LogP contribution in [-0.2, 0) is 0 Å². The molecule has 1 atom stereocenters. The van der Waals surface area contributed by atoms with Gasteiger partial charge in [0.15, 0.2) is 0 Å². The highest BCUT2D eigenvalue weighted by Gasteiger charge is 2.07. The van der Waals surface area contributed by atoms with Crippen LogP contribution in [0.3, 0.4) is 0 Å². The Labute approximate surface area is 92.3 Å². The topological polar surface area (TPSA) is 37.0 Å². The lowest BCUT2D eigenvalue weighted by Crippen LogP contribution is -2.22. The number of hydrogen-bond acceptors (Lipinski definition) is 3. The van der Waals surface area contributed by atoms with Crippen LogP contribution in [0.15, 0.2) is 18.2 Å². The fourth-order valence-electron chi connectivity index (χ4n) is 1.19. The zero-order valence-corrected chi connectivity index (χ0v) is 10.0. The van der Waals surface area contributed by atoms with Gasteiger partial charge in [-0.2, -0.15) is 0 Å². The molecule has 0 aliphatic heterocycles. The van der Waals surface area contributed by atoms with Gasteiger partial charge in [-0.3, -0.25) is 0 Å². The van der Waals surface area contributed by atoms with Gasteiger partial charge in [-0.25, -0.2) is 4.98 Å². The Hall–Kier alpha value is -1.25. The average molecular weight is 207 g/mol. The van der Waals surface area contributed by atoms with Gasteiger partial charge in [-0.05, 0) is 31.9 Å². The third kappa shape index (κ3) is 3.78. The molecular weight excluding hydrogens is 186 g/mol. The normalized spacial score (nSPS) is 12.6. The number of pyridine rings is 1. The molecule has 0 fully saturated rings. The molecule has 0 saturated carbocycles. The molecule has 1 unspecified atom stereocenters. The molecule has 0 aliphatic carbocycles. The van der Waals surface area contributed by atoms with E-state index in [0.717, 1.165) is 18.2 Å². The summed E-state index contributed by atoms with van der Waals surface area (Å²) in [5, 5.41) is 6.59. The second-order valence-corrected chi connectivity index (χ2v) is 4.12. The Morgan fingerprint density at radius 2 is 1.87 bits per heavy atom. The number of aromatic nitrogens is 1. The fourth-order valence-corrected chi connectivity index (χ4v) is 1.19. The van der Waals surface area contributed by atoms with Gasteiger partial charge in [0, 0.05) is 12.6 Å². The maximum Gasteiger partial charge on any atom is 0.128 e. The lowest BCUT2D eigenvalue weighted by molar-refractivity contribution is 0.558. The van der Waals surface area contributed by atoms with E-state index in [2.05, 4.69) is 43.3 Å². The van der Waals surface area contributed by atoms with Crippen molar-refractivity contribution in [1.82, 2.24) is 4.98 Å². The molecule has 84 valence electrons. The number of nitrogens with one attached hydrogen (secondary N) is 2. The van der Waals surface area contributed by atoms with Gasteiger partial charge in [0.1, 0.15) is 11.6 Å². The molecule has 15 heavy (non-hydrogen) atoms. The maximum atomic E-state index is 4.46. The largest absolute Gasteiger partial charge is 0.370 e. The van der Waals surface area contributed by atoms with Crippen LogP contribution in [0.25, 0.3) is 0 Å². The van der Waals surface area contributed by atoms with Gasteiger partial charge in [0.2, 0.25) is 0 Å². The molecular formula is C12H21N3. The van der Waals surface area contributed by atoms with E-state index < -0.39 is 0 Å². The van der Waals surface area contributed by atoms with Gasteiger partial charge in [-0.1, -0.05) is 19.9 Å². The Bertz CT molecular complexity index is 297. The first-order valence-corrected chi connectivity index (χ1v) is 5.61. The highest BCUT2D eigenvalue weighted by atomic mass is 15.1. The molecule has 1 heterocycles. The Balaban J connectivity index is 2.64. The zero-order chi connectivity index (χ0) is 11.3. The first kappa shape index (κ1) is 11.8. The van der Waals surface area contributed by atoms with E-state index in [1.165, 1.54) is 0 Å². The summed E-state index contributed by atoms with van der Waals surface area (Å²) >= 11 is 0. The summed E-state index contributed by atoms with van der Waals surface area (Å²) in [5.41, 5.74) is 0. The number of anilines is 2. The van der Waals surface area contributed by atoms with Gasteiger partial charge in [0.25, 0.3) is 0 Å². The van der Waals surface area contributed by atoms with Crippen LogP contribution in [0.5, 0.6) is 0 Å². The first-order chi connectivity index (χ1) is 7.13. The van der Waals surface area contributed by atoms with E-state index >= 15 is 0 Å². The molecule has 1 aromatic heterocycles. The molecule has 0 aliphatic rings. The van der Waals surface area contributed by atoms with E-state index in [1.54, 1.807) is 0 Å². The SMILES string of the molecule is CCNc1cccc(NC(C)C(C)C)n1. The molecule has 2 N–H and O–H groups in total. The summed E-state index contributed by atoms with van der Waals surface area (Å²) in [5.74, 6) is 2.47. The van der Waals surface area contributed by atoms with E-state index in [4.69, 9.17) is 0 Å². The third-order valence-electron chi connectivity index (χ3n) is 2.48. The fraction of sp³-hybridized carbons (Fsp3) is 0.583. The van der Waals surface area contributed by atoms with Crippen molar-refractivity contribution in [2.24, 2.45) is 5.92 Å². The van der Waals surface area contributed by atoms with Crippen molar-refractivity contribution in [3.05, 3.63) is 18.2 Å². The van der Waals surface area contributed by atoms with E-state index in [0.29, 0.717) is 12.0 Å². The van der Waals surface area contributed by atoms with Crippen molar-refractivity contribution in [3.8, 4) is 0 Å². The van der Waals surface area contributed by atoms with Crippen LogP contribution in [0.4, 0.5) is 11.6 Å². The number of rotatable bonds is 5. The zero-order valence-electron chi connectivity index (χ0n) is 10.0. The van der Waals surface area contributed by atoms with Crippen LogP contribution in [-0.4, -0.2) is 17.6 Å². The van der Waals surface area contributed by atoms with Crippen molar-refractivity contribution in [2.45, 2.75) is 33.7 Å². The van der Waals surface area contributed by atoms with E-state index in [9.17, 15) is 0 Å². The number of hydrogen-bond donors (Lipinski definition) is 2. The van der Waals surface area contributed by atoms with Gasteiger partial charge >= 0.3 is 0 Å². The Morgan fingerprint density at radius 1 is 1.20 bits per heavy atom. The lowest BCUT2D eigenvalue weighted by atomic mass is 10.1. The molecule has 1 rings (SSSR count). The van der Waals surface area contributed by atoms with E-state index in [-0.39, 0.29) is 0 Å². The molecule has 0 aromatic carbocycles. The van der Waals surface area contributed by atoms with Crippen LogP contribution in [0.2, 0.25) is 0 Å². The van der Waals surface area contributed by atoms with Crippen LogP contribution in [0, 0.1) is 5.92 Å². The predicted octanol–water partition coefficient (Wildman–Crippen LogP) is 2.97. The standard InChI is InChI=1S/C12H21N3/c1-5-13-11-7-6-8-12(15-11)14-10(4)9(2)3/h6-10H,5H2,1-4H3,(H2,13,14,15). The van der Waals surface area contributed by atoms with Crippen molar-refractivity contribution >= 4 is 11.6 Å². The van der Waals surface area contributed by atoms with Crippen LogP contribution < -0.4 is 10.6 Å². The minimum absolute atomic E-state index is 0.439. The minimum Gasteiger partial charge on any atom is -0.370 e. The summed E-state index contributed by atoms with van der Waals surface area (Å²) in [6.07, 6.45) is 0. The third-order valence-corrected chi connectivity index (χ3v) is 2.48. The smallest absolute Gasteiger partial charge is 0.128 e.